The molecular weight excluding hydrogens is 306 g/mol. The molecular formula is C23H27NO. The van der Waals surface area contributed by atoms with E-state index >= 15 is 0 Å². The highest BCUT2D eigenvalue weighted by atomic mass is 16.5. The van der Waals surface area contributed by atoms with Gasteiger partial charge in [0, 0.05) is 18.8 Å². The van der Waals surface area contributed by atoms with E-state index < -0.39 is 0 Å². The van der Waals surface area contributed by atoms with Crippen molar-refractivity contribution in [3.05, 3.63) is 70.8 Å². The minimum atomic E-state index is 0.836. The van der Waals surface area contributed by atoms with Crippen LogP contribution in [0.1, 0.15) is 35.1 Å². The molecule has 0 saturated carbocycles. The SMILES string of the molecule is C(=Cc1ccc(N2CCOCC2)cc1)Cc1ccc2c(c1)CCCC2. The molecule has 0 unspecified atom stereocenters. The summed E-state index contributed by atoms with van der Waals surface area (Å²) in [4.78, 5) is 2.39. The van der Waals surface area contributed by atoms with Gasteiger partial charge in [-0.15, -0.1) is 0 Å². The lowest BCUT2D eigenvalue weighted by Gasteiger charge is -2.28. The molecule has 2 heteroatoms. The van der Waals surface area contributed by atoms with Crippen LogP contribution in [0.4, 0.5) is 5.69 Å². The van der Waals surface area contributed by atoms with Gasteiger partial charge in [0.15, 0.2) is 0 Å². The molecule has 2 aromatic carbocycles. The van der Waals surface area contributed by atoms with Crippen LogP contribution < -0.4 is 4.90 Å². The Bertz CT molecular complexity index is 726. The number of hydrogen-bond donors (Lipinski definition) is 0. The second-order valence-electron chi connectivity index (χ2n) is 7.11. The van der Waals surface area contributed by atoms with E-state index in [4.69, 9.17) is 4.74 Å². The number of nitrogens with zero attached hydrogens (tertiary/aromatic N) is 1. The van der Waals surface area contributed by atoms with E-state index in [0.29, 0.717) is 0 Å². The zero-order valence-corrected chi connectivity index (χ0v) is 14.9. The van der Waals surface area contributed by atoms with Crippen LogP contribution in [0.2, 0.25) is 0 Å². The summed E-state index contributed by atoms with van der Waals surface area (Å²) in [5, 5.41) is 0. The van der Waals surface area contributed by atoms with E-state index in [-0.39, 0.29) is 0 Å². The number of ether oxygens (including phenoxy) is 1. The van der Waals surface area contributed by atoms with Gasteiger partial charge in [0.25, 0.3) is 0 Å². The van der Waals surface area contributed by atoms with E-state index in [0.717, 1.165) is 32.7 Å². The average Bonchev–Trinajstić information content (AvgIpc) is 2.69. The summed E-state index contributed by atoms with van der Waals surface area (Å²) in [6.07, 6.45) is 10.8. The summed E-state index contributed by atoms with van der Waals surface area (Å²) in [7, 11) is 0. The molecule has 0 radical (unpaired) electrons. The third-order valence-electron chi connectivity index (χ3n) is 5.35. The maximum absolute atomic E-state index is 5.42. The van der Waals surface area contributed by atoms with Crippen LogP contribution in [0.3, 0.4) is 0 Å². The van der Waals surface area contributed by atoms with E-state index in [1.165, 1.54) is 42.5 Å². The molecule has 0 atom stereocenters. The minimum absolute atomic E-state index is 0.836. The van der Waals surface area contributed by atoms with Crippen LogP contribution in [0.15, 0.2) is 48.5 Å². The summed E-state index contributed by atoms with van der Waals surface area (Å²) in [5.74, 6) is 0. The van der Waals surface area contributed by atoms with Crippen LogP contribution in [0.25, 0.3) is 6.08 Å². The van der Waals surface area contributed by atoms with E-state index in [9.17, 15) is 0 Å². The molecule has 1 heterocycles. The van der Waals surface area contributed by atoms with Gasteiger partial charge in [-0.2, -0.15) is 0 Å². The first-order valence-corrected chi connectivity index (χ1v) is 9.58. The van der Waals surface area contributed by atoms with Gasteiger partial charge in [-0.05, 0) is 66.5 Å². The van der Waals surface area contributed by atoms with Gasteiger partial charge < -0.3 is 9.64 Å². The molecule has 1 fully saturated rings. The maximum Gasteiger partial charge on any atom is 0.0642 e. The molecule has 0 N–H and O–H groups in total. The molecule has 0 bridgehead atoms. The van der Waals surface area contributed by atoms with Gasteiger partial charge in [-0.1, -0.05) is 42.5 Å². The van der Waals surface area contributed by atoms with Crippen LogP contribution in [-0.2, 0) is 24.0 Å². The third kappa shape index (κ3) is 4.13. The van der Waals surface area contributed by atoms with Crippen LogP contribution in [-0.4, -0.2) is 26.3 Å². The first kappa shape index (κ1) is 16.4. The van der Waals surface area contributed by atoms with Gasteiger partial charge in [-0.25, -0.2) is 0 Å². The van der Waals surface area contributed by atoms with Crippen LogP contribution >= 0.6 is 0 Å². The van der Waals surface area contributed by atoms with Gasteiger partial charge in [0.1, 0.15) is 0 Å². The Morgan fingerprint density at radius 2 is 1.64 bits per heavy atom. The van der Waals surface area contributed by atoms with Crippen molar-refractivity contribution in [3.63, 3.8) is 0 Å². The molecule has 2 nitrogen and oxygen atoms in total. The molecule has 1 aliphatic carbocycles. The number of aryl methyl sites for hydroxylation is 2. The summed E-state index contributed by atoms with van der Waals surface area (Å²) in [6.45, 7) is 3.66. The highest BCUT2D eigenvalue weighted by molar-refractivity contribution is 5.56. The monoisotopic (exact) mass is 333 g/mol. The number of benzene rings is 2. The zero-order chi connectivity index (χ0) is 16.9. The predicted octanol–water partition coefficient (Wildman–Crippen LogP) is 4.66. The molecule has 0 amide bonds. The number of hydrogen-bond acceptors (Lipinski definition) is 2. The largest absolute Gasteiger partial charge is 0.378 e. The Hall–Kier alpha value is -2.06. The molecule has 2 aliphatic rings. The lowest BCUT2D eigenvalue weighted by molar-refractivity contribution is 0.122. The summed E-state index contributed by atoms with van der Waals surface area (Å²) >= 11 is 0. The lowest BCUT2D eigenvalue weighted by atomic mass is 9.90. The minimum Gasteiger partial charge on any atom is -0.378 e. The average molecular weight is 333 g/mol. The van der Waals surface area contributed by atoms with Crippen LogP contribution in [0, 0.1) is 0 Å². The number of rotatable bonds is 4. The third-order valence-corrected chi connectivity index (χ3v) is 5.35. The summed E-state index contributed by atoms with van der Waals surface area (Å²) in [6, 6.07) is 15.9. The van der Waals surface area contributed by atoms with Gasteiger partial charge in [-0.3, -0.25) is 0 Å². The van der Waals surface area contributed by atoms with Crippen molar-refractivity contribution in [1.29, 1.82) is 0 Å². The van der Waals surface area contributed by atoms with Crippen molar-refractivity contribution in [2.45, 2.75) is 32.1 Å². The molecule has 130 valence electrons. The second-order valence-corrected chi connectivity index (χ2v) is 7.11. The fourth-order valence-electron chi connectivity index (χ4n) is 3.86. The van der Waals surface area contributed by atoms with Gasteiger partial charge in [0.2, 0.25) is 0 Å². The summed E-state index contributed by atoms with van der Waals surface area (Å²) < 4.78 is 5.42. The molecule has 0 spiro atoms. The topological polar surface area (TPSA) is 12.5 Å². The number of anilines is 1. The van der Waals surface area contributed by atoms with Gasteiger partial charge >= 0.3 is 0 Å². The smallest absolute Gasteiger partial charge is 0.0642 e. The number of allylic oxidation sites excluding steroid dienone is 1. The Balaban J connectivity index is 1.37. The first-order valence-electron chi connectivity index (χ1n) is 9.58. The normalized spacial score (nSPS) is 17.7. The lowest BCUT2D eigenvalue weighted by Crippen LogP contribution is -2.36. The van der Waals surface area contributed by atoms with Crippen molar-refractivity contribution in [2.24, 2.45) is 0 Å². The second kappa shape index (κ2) is 7.88. The van der Waals surface area contributed by atoms with Gasteiger partial charge in [0.05, 0.1) is 13.2 Å². The van der Waals surface area contributed by atoms with E-state index in [2.05, 4.69) is 59.5 Å². The van der Waals surface area contributed by atoms with Crippen LogP contribution in [0.5, 0.6) is 0 Å². The Labute approximate surface area is 151 Å². The number of fused-ring (bicyclic) bond motifs is 1. The molecule has 4 rings (SSSR count). The fraction of sp³-hybridized carbons (Fsp3) is 0.391. The first-order chi connectivity index (χ1) is 12.4. The fourth-order valence-corrected chi connectivity index (χ4v) is 3.86. The highest BCUT2D eigenvalue weighted by Crippen LogP contribution is 2.23. The van der Waals surface area contributed by atoms with Crippen molar-refractivity contribution < 1.29 is 4.74 Å². The summed E-state index contributed by atoms with van der Waals surface area (Å²) in [5.41, 5.74) is 7.15. The maximum atomic E-state index is 5.42. The zero-order valence-electron chi connectivity index (χ0n) is 14.9. The van der Waals surface area contributed by atoms with Crippen molar-refractivity contribution >= 4 is 11.8 Å². The highest BCUT2D eigenvalue weighted by Gasteiger charge is 2.10. The molecule has 25 heavy (non-hydrogen) atoms. The van der Waals surface area contributed by atoms with E-state index in [1.807, 2.05) is 0 Å². The standard InChI is InChI=1S/C23H27NO/c1-2-7-22-18-20(8-11-21(22)6-1)5-3-4-19-9-12-23(13-10-19)24-14-16-25-17-15-24/h3-4,8-13,18H,1-2,5-7,14-17H2. The molecule has 0 aromatic heterocycles. The quantitative estimate of drug-likeness (QED) is 0.807. The van der Waals surface area contributed by atoms with Crippen molar-refractivity contribution in [3.8, 4) is 0 Å². The van der Waals surface area contributed by atoms with Crippen molar-refractivity contribution in [2.75, 3.05) is 31.2 Å². The predicted molar refractivity (Wildman–Crippen MR) is 105 cm³/mol. The Morgan fingerprint density at radius 3 is 2.44 bits per heavy atom. The Morgan fingerprint density at radius 1 is 0.880 bits per heavy atom. The number of morpholine rings is 1. The molecule has 1 aliphatic heterocycles. The molecule has 2 aromatic rings. The van der Waals surface area contributed by atoms with Crippen molar-refractivity contribution in [1.82, 2.24) is 0 Å². The molecule has 1 saturated heterocycles. The Kier molecular flexibility index (Phi) is 5.17. The van der Waals surface area contributed by atoms with E-state index in [1.54, 1.807) is 11.1 Å².